The highest BCUT2D eigenvalue weighted by Gasteiger charge is 2.47. The van der Waals surface area contributed by atoms with Crippen molar-refractivity contribution in [2.24, 2.45) is 4.99 Å². The molecule has 38 heavy (non-hydrogen) atoms. The number of hydrogen-bond donors (Lipinski definition) is 2. The second-order valence-corrected chi connectivity index (χ2v) is 11.0. The summed E-state index contributed by atoms with van der Waals surface area (Å²) in [7, 11) is -2.00. The van der Waals surface area contributed by atoms with Gasteiger partial charge in [0.25, 0.3) is 5.91 Å². The number of rotatable bonds is 6. The van der Waals surface area contributed by atoms with Crippen LogP contribution in [0.3, 0.4) is 0 Å². The van der Waals surface area contributed by atoms with Crippen molar-refractivity contribution in [2.75, 3.05) is 25.5 Å². The van der Waals surface area contributed by atoms with E-state index in [1.54, 1.807) is 13.1 Å². The first-order chi connectivity index (χ1) is 17.7. The Labute approximate surface area is 217 Å². The molecule has 0 aromatic heterocycles. The third-order valence-electron chi connectivity index (χ3n) is 6.61. The van der Waals surface area contributed by atoms with E-state index in [1.165, 1.54) is 10.4 Å². The summed E-state index contributed by atoms with van der Waals surface area (Å²) in [6.07, 6.45) is -3.41. The van der Waals surface area contributed by atoms with Crippen molar-refractivity contribution in [3.8, 4) is 5.75 Å². The molecule has 2 N–H and O–H groups in total. The number of amidine groups is 1. The maximum Gasteiger partial charge on any atom is 0.573 e. The third kappa shape index (κ3) is 5.68. The number of aliphatic imine (C=N–C) groups is 1. The molecule has 204 valence electrons. The summed E-state index contributed by atoms with van der Waals surface area (Å²) in [4.78, 5) is 17.2. The van der Waals surface area contributed by atoms with Crippen LogP contribution in [-0.4, -0.2) is 56.5 Å². The number of piperidine rings is 1. The fourth-order valence-corrected chi connectivity index (χ4v) is 5.75. The molecule has 4 rings (SSSR count). The zero-order chi connectivity index (χ0) is 27.9. The monoisotopic (exact) mass is 554 g/mol. The number of sulfonamides is 1. The zero-order valence-electron chi connectivity index (χ0n) is 20.8. The Morgan fingerprint density at radius 2 is 1.76 bits per heavy atom. The first kappa shape index (κ1) is 27.6. The van der Waals surface area contributed by atoms with E-state index in [9.17, 15) is 30.8 Å². The number of halogens is 4. The van der Waals surface area contributed by atoms with Gasteiger partial charge in [0.2, 0.25) is 10.0 Å². The van der Waals surface area contributed by atoms with Gasteiger partial charge in [0, 0.05) is 36.8 Å². The molecule has 0 bridgehead atoms. The topological polar surface area (TPSA) is 100 Å². The fourth-order valence-electron chi connectivity index (χ4n) is 4.58. The highest BCUT2D eigenvalue weighted by Crippen LogP contribution is 2.34. The third-order valence-corrected chi connectivity index (χ3v) is 8.17. The number of anilines is 1. The van der Waals surface area contributed by atoms with Gasteiger partial charge in [-0.25, -0.2) is 12.8 Å². The van der Waals surface area contributed by atoms with E-state index in [1.807, 2.05) is 26.0 Å². The largest absolute Gasteiger partial charge is 0.573 e. The van der Waals surface area contributed by atoms with Crippen molar-refractivity contribution in [3.63, 3.8) is 0 Å². The van der Waals surface area contributed by atoms with Gasteiger partial charge in [-0.3, -0.25) is 9.79 Å². The second-order valence-electron chi connectivity index (χ2n) is 9.16. The van der Waals surface area contributed by atoms with E-state index in [0.29, 0.717) is 0 Å². The van der Waals surface area contributed by atoms with Crippen molar-refractivity contribution < 1.29 is 35.5 Å². The Hall–Kier alpha value is -3.45. The summed E-state index contributed by atoms with van der Waals surface area (Å²) in [5.41, 5.74) is 2.28. The highest BCUT2D eigenvalue weighted by molar-refractivity contribution is 7.92. The lowest BCUT2D eigenvalue weighted by molar-refractivity contribution is -0.275. The summed E-state index contributed by atoms with van der Waals surface area (Å²) >= 11 is 0. The van der Waals surface area contributed by atoms with Crippen molar-refractivity contribution in [2.45, 2.75) is 38.6 Å². The van der Waals surface area contributed by atoms with Gasteiger partial charge in [0.1, 0.15) is 11.4 Å². The van der Waals surface area contributed by atoms with Gasteiger partial charge in [-0.15, -0.1) is 13.2 Å². The van der Waals surface area contributed by atoms with Crippen molar-refractivity contribution in [3.05, 3.63) is 63.8 Å². The standard InChI is InChI=1S/C25H26F4N4O4S/c1-15-12-18(30-3)13-16(2)19(15)6-11-38(35,36)33-9-7-24(8-10-33)23(34)31-22(32-24)17-4-5-20(26)21(14-17)37-25(27,28)29/h4-6,11-14,30H,7-10H2,1-3H3,(H,31,32,34)/b11-6+. The summed E-state index contributed by atoms with van der Waals surface area (Å²) in [5, 5.41) is 6.72. The smallest absolute Gasteiger partial charge is 0.403 e. The van der Waals surface area contributed by atoms with Gasteiger partial charge in [-0.2, -0.15) is 4.31 Å². The van der Waals surface area contributed by atoms with Crippen LogP contribution < -0.4 is 15.4 Å². The Morgan fingerprint density at radius 3 is 2.34 bits per heavy atom. The molecule has 0 atom stereocenters. The number of alkyl halides is 3. The minimum absolute atomic E-state index is 0.0133. The van der Waals surface area contributed by atoms with Crippen molar-refractivity contribution >= 4 is 33.5 Å². The van der Waals surface area contributed by atoms with Crippen LogP contribution in [0.2, 0.25) is 0 Å². The van der Waals surface area contributed by atoms with Crippen LogP contribution in [0.15, 0.2) is 40.7 Å². The molecule has 8 nitrogen and oxygen atoms in total. The first-order valence-corrected chi connectivity index (χ1v) is 13.2. The van der Waals surface area contributed by atoms with Crippen LogP contribution in [0.5, 0.6) is 5.75 Å². The lowest BCUT2D eigenvalue weighted by Gasteiger charge is -2.34. The summed E-state index contributed by atoms with van der Waals surface area (Å²) in [6, 6.07) is 6.59. The molecule has 13 heteroatoms. The molecule has 0 radical (unpaired) electrons. The van der Waals surface area contributed by atoms with Crippen molar-refractivity contribution in [1.29, 1.82) is 0 Å². The van der Waals surface area contributed by atoms with Crippen LogP contribution in [0.1, 0.15) is 35.1 Å². The van der Waals surface area contributed by atoms with Gasteiger partial charge in [0.05, 0.1) is 0 Å². The molecule has 1 spiro atoms. The zero-order valence-corrected chi connectivity index (χ0v) is 21.6. The number of ether oxygens (including phenoxy) is 1. The quantitative estimate of drug-likeness (QED) is 0.524. The van der Waals surface area contributed by atoms with Gasteiger partial charge >= 0.3 is 6.36 Å². The number of nitrogens with one attached hydrogen (secondary N) is 2. The Morgan fingerprint density at radius 1 is 1.13 bits per heavy atom. The van der Waals surface area contributed by atoms with Crippen LogP contribution in [0, 0.1) is 19.7 Å². The molecule has 1 saturated heterocycles. The Balaban J connectivity index is 1.50. The summed E-state index contributed by atoms with van der Waals surface area (Å²) in [5.74, 6) is -2.81. The molecular formula is C25H26F4N4O4S. The Kier molecular flexibility index (Phi) is 7.28. The normalized spacial score (nSPS) is 18.1. The lowest BCUT2D eigenvalue weighted by Crippen LogP contribution is -2.50. The second kappa shape index (κ2) is 10.0. The maximum atomic E-state index is 13.8. The highest BCUT2D eigenvalue weighted by atomic mass is 32.2. The molecule has 2 aromatic rings. The molecule has 2 aromatic carbocycles. The number of amides is 1. The van der Waals surface area contributed by atoms with E-state index in [-0.39, 0.29) is 37.3 Å². The number of benzene rings is 2. The number of hydrogen-bond acceptors (Lipinski definition) is 6. The van der Waals surface area contributed by atoms with Gasteiger partial charge in [-0.1, -0.05) is 0 Å². The number of carbonyl (C=O) groups excluding carboxylic acids is 1. The van der Waals surface area contributed by atoms with Gasteiger partial charge in [0.15, 0.2) is 11.6 Å². The van der Waals surface area contributed by atoms with Crippen LogP contribution in [0.25, 0.3) is 6.08 Å². The van der Waals surface area contributed by atoms with E-state index in [4.69, 9.17) is 0 Å². The average molecular weight is 555 g/mol. The Bertz CT molecular complexity index is 1410. The molecule has 2 aliphatic heterocycles. The minimum atomic E-state index is -5.10. The van der Waals surface area contributed by atoms with Gasteiger partial charge in [-0.05, 0) is 79.8 Å². The van der Waals surface area contributed by atoms with E-state index in [2.05, 4.69) is 20.4 Å². The van der Waals surface area contributed by atoms with Crippen LogP contribution in [0.4, 0.5) is 23.2 Å². The number of aryl methyl sites for hydroxylation is 2. The maximum absolute atomic E-state index is 13.8. The van der Waals surface area contributed by atoms with E-state index >= 15 is 0 Å². The number of carbonyl (C=O) groups is 1. The van der Waals surface area contributed by atoms with E-state index < -0.39 is 39.4 Å². The molecule has 0 unspecified atom stereocenters. The molecule has 1 amide bonds. The molecule has 0 aliphatic carbocycles. The first-order valence-electron chi connectivity index (χ1n) is 11.7. The number of nitrogens with zero attached hydrogens (tertiary/aromatic N) is 2. The molecule has 0 saturated carbocycles. The van der Waals surface area contributed by atoms with Crippen molar-refractivity contribution in [1.82, 2.24) is 9.62 Å². The van der Waals surface area contributed by atoms with Crippen LogP contribution >= 0.6 is 0 Å². The minimum Gasteiger partial charge on any atom is -0.403 e. The molecule has 2 aliphatic rings. The van der Waals surface area contributed by atoms with Crippen LogP contribution in [-0.2, 0) is 14.8 Å². The predicted molar refractivity (Wildman–Crippen MR) is 135 cm³/mol. The summed E-state index contributed by atoms with van der Waals surface area (Å²) in [6.45, 7) is 3.80. The molecule has 1 fully saturated rings. The predicted octanol–water partition coefficient (Wildman–Crippen LogP) is 4.09. The van der Waals surface area contributed by atoms with E-state index in [0.717, 1.165) is 39.9 Å². The SMILES string of the molecule is CNc1cc(C)c(/C=C/S(=O)(=O)N2CCC3(CC2)N=C(c2ccc(F)c(OC(F)(F)F)c2)NC3=O)c(C)c1. The molecular weight excluding hydrogens is 528 g/mol. The van der Waals surface area contributed by atoms with Gasteiger partial charge < -0.3 is 15.4 Å². The fraction of sp³-hybridized carbons (Fsp3) is 0.360. The lowest BCUT2D eigenvalue weighted by atomic mass is 9.89. The average Bonchev–Trinajstić information content (AvgIpc) is 3.14. The molecule has 2 heterocycles. The summed E-state index contributed by atoms with van der Waals surface area (Å²) < 4.78 is 82.5.